The van der Waals surface area contributed by atoms with Crippen molar-refractivity contribution in [2.75, 3.05) is 19.0 Å². The molecule has 0 heterocycles. The van der Waals surface area contributed by atoms with Crippen LogP contribution in [0.3, 0.4) is 0 Å². The zero-order chi connectivity index (χ0) is 24.7. The Bertz CT molecular complexity index is 1020. The standard InChI is InChI=1S/C27H33NO6/c1-17(2)19-14-13-18(3)15-24(19)34-27(31)21-10-6-5-9-20(21)26(30)33-16-25(29)28-22-11-7-8-12-23(22)32-4/h5-12,17-19,24H,13-16H2,1-4H3,(H,28,29)/t18-,19-,24+/m0/s1. The van der Waals surface area contributed by atoms with E-state index in [0.717, 1.165) is 19.3 Å². The number of nitrogens with one attached hydrogen (secondary N) is 1. The molecular weight excluding hydrogens is 434 g/mol. The van der Waals surface area contributed by atoms with Crippen LogP contribution >= 0.6 is 0 Å². The van der Waals surface area contributed by atoms with Crippen LogP contribution in [0.15, 0.2) is 48.5 Å². The topological polar surface area (TPSA) is 90.9 Å². The van der Waals surface area contributed by atoms with Gasteiger partial charge in [0.1, 0.15) is 11.9 Å². The number of benzene rings is 2. The largest absolute Gasteiger partial charge is 0.495 e. The van der Waals surface area contributed by atoms with E-state index in [0.29, 0.717) is 23.3 Å². The maximum Gasteiger partial charge on any atom is 0.339 e. The van der Waals surface area contributed by atoms with Gasteiger partial charge in [0, 0.05) is 0 Å². The van der Waals surface area contributed by atoms with Crippen LogP contribution in [-0.2, 0) is 14.3 Å². The minimum Gasteiger partial charge on any atom is -0.495 e. The first kappa shape index (κ1) is 25.3. The third-order valence-electron chi connectivity index (χ3n) is 6.30. The number of para-hydroxylation sites is 2. The Hall–Kier alpha value is -3.35. The SMILES string of the molecule is COc1ccccc1NC(=O)COC(=O)c1ccccc1C(=O)O[C@@H]1C[C@@H](C)CC[C@H]1C(C)C. The summed E-state index contributed by atoms with van der Waals surface area (Å²) in [5.41, 5.74) is 0.678. The van der Waals surface area contributed by atoms with Gasteiger partial charge in [-0.3, -0.25) is 4.79 Å². The molecule has 0 spiro atoms. The van der Waals surface area contributed by atoms with E-state index in [1.165, 1.54) is 13.2 Å². The molecule has 0 aliphatic heterocycles. The fourth-order valence-corrected chi connectivity index (χ4v) is 4.43. The van der Waals surface area contributed by atoms with Gasteiger partial charge in [-0.15, -0.1) is 0 Å². The molecule has 2 aromatic rings. The van der Waals surface area contributed by atoms with E-state index in [2.05, 4.69) is 26.1 Å². The summed E-state index contributed by atoms with van der Waals surface area (Å²) in [6.07, 6.45) is 2.76. The fraction of sp³-hybridized carbons (Fsp3) is 0.444. The second-order valence-corrected chi connectivity index (χ2v) is 9.14. The first-order chi connectivity index (χ1) is 16.3. The highest BCUT2D eigenvalue weighted by Crippen LogP contribution is 2.36. The Morgan fingerprint density at radius 3 is 2.29 bits per heavy atom. The maximum absolute atomic E-state index is 13.0. The number of methoxy groups -OCH3 is 1. The summed E-state index contributed by atoms with van der Waals surface area (Å²) >= 11 is 0. The highest BCUT2D eigenvalue weighted by Gasteiger charge is 2.34. The highest BCUT2D eigenvalue weighted by atomic mass is 16.5. The summed E-state index contributed by atoms with van der Waals surface area (Å²) in [7, 11) is 1.50. The number of anilines is 1. The molecule has 0 saturated heterocycles. The van der Waals surface area contributed by atoms with Crippen molar-refractivity contribution in [3.63, 3.8) is 0 Å². The van der Waals surface area contributed by atoms with Gasteiger partial charge < -0.3 is 19.5 Å². The molecule has 0 unspecified atom stereocenters. The zero-order valence-electron chi connectivity index (χ0n) is 20.2. The van der Waals surface area contributed by atoms with Crippen LogP contribution in [0.1, 0.15) is 60.7 Å². The Kier molecular flexibility index (Phi) is 8.68. The van der Waals surface area contributed by atoms with E-state index in [4.69, 9.17) is 14.2 Å². The molecule has 0 bridgehead atoms. The molecule has 0 aromatic heterocycles. The molecule has 3 atom stereocenters. The molecule has 7 nitrogen and oxygen atoms in total. The fourth-order valence-electron chi connectivity index (χ4n) is 4.43. The molecular formula is C27H33NO6. The lowest BCUT2D eigenvalue weighted by atomic mass is 9.75. The lowest BCUT2D eigenvalue weighted by molar-refractivity contribution is -0.119. The van der Waals surface area contributed by atoms with Crippen LogP contribution in [0.2, 0.25) is 0 Å². The molecule has 2 aromatic carbocycles. The second kappa shape index (κ2) is 11.7. The van der Waals surface area contributed by atoms with Crippen molar-refractivity contribution in [2.45, 2.75) is 46.1 Å². The average molecular weight is 468 g/mol. The first-order valence-corrected chi connectivity index (χ1v) is 11.7. The zero-order valence-corrected chi connectivity index (χ0v) is 20.2. The van der Waals surface area contributed by atoms with Crippen LogP contribution in [-0.4, -0.2) is 37.7 Å². The van der Waals surface area contributed by atoms with E-state index in [1.807, 2.05) is 0 Å². The summed E-state index contributed by atoms with van der Waals surface area (Å²) < 4.78 is 16.3. The lowest BCUT2D eigenvalue weighted by Crippen LogP contribution is -2.36. The van der Waals surface area contributed by atoms with Gasteiger partial charge in [0.25, 0.3) is 5.91 Å². The summed E-state index contributed by atoms with van der Waals surface area (Å²) in [6, 6.07) is 13.3. The van der Waals surface area contributed by atoms with Gasteiger partial charge in [0.05, 0.1) is 23.9 Å². The van der Waals surface area contributed by atoms with Gasteiger partial charge >= 0.3 is 11.9 Å². The molecule has 1 aliphatic carbocycles. The predicted octanol–water partition coefficient (Wildman–Crippen LogP) is 5.11. The van der Waals surface area contributed by atoms with Gasteiger partial charge in [-0.05, 0) is 54.9 Å². The van der Waals surface area contributed by atoms with Crippen molar-refractivity contribution in [1.82, 2.24) is 0 Å². The van der Waals surface area contributed by atoms with Crippen LogP contribution in [0, 0.1) is 17.8 Å². The third kappa shape index (κ3) is 6.37. The smallest absolute Gasteiger partial charge is 0.339 e. The molecule has 182 valence electrons. The van der Waals surface area contributed by atoms with Gasteiger partial charge in [-0.1, -0.05) is 51.5 Å². The molecule has 0 radical (unpaired) electrons. The number of esters is 2. The van der Waals surface area contributed by atoms with Gasteiger partial charge in [0.15, 0.2) is 6.61 Å². The summed E-state index contributed by atoms with van der Waals surface area (Å²) in [6.45, 7) is 5.94. The van der Waals surface area contributed by atoms with Crippen LogP contribution in [0.4, 0.5) is 5.69 Å². The van der Waals surface area contributed by atoms with E-state index in [9.17, 15) is 14.4 Å². The minimum atomic E-state index is -0.764. The number of hydrogen-bond donors (Lipinski definition) is 1. The van der Waals surface area contributed by atoms with Crippen LogP contribution in [0.25, 0.3) is 0 Å². The van der Waals surface area contributed by atoms with Gasteiger partial charge in [-0.2, -0.15) is 0 Å². The molecule has 34 heavy (non-hydrogen) atoms. The Morgan fingerprint density at radius 2 is 1.62 bits per heavy atom. The average Bonchev–Trinajstić information content (AvgIpc) is 2.82. The maximum atomic E-state index is 13.0. The number of ether oxygens (including phenoxy) is 3. The molecule has 1 saturated carbocycles. The van der Waals surface area contributed by atoms with Crippen molar-refractivity contribution in [2.24, 2.45) is 17.8 Å². The first-order valence-electron chi connectivity index (χ1n) is 11.7. The number of carbonyl (C=O) groups excluding carboxylic acids is 3. The number of hydrogen-bond acceptors (Lipinski definition) is 6. The Balaban J connectivity index is 1.65. The van der Waals surface area contributed by atoms with Crippen molar-refractivity contribution >= 4 is 23.5 Å². The van der Waals surface area contributed by atoms with Crippen molar-refractivity contribution in [1.29, 1.82) is 0 Å². The predicted molar refractivity (Wildman–Crippen MR) is 129 cm³/mol. The second-order valence-electron chi connectivity index (χ2n) is 9.14. The summed E-state index contributed by atoms with van der Waals surface area (Å²) in [5, 5.41) is 2.65. The van der Waals surface area contributed by atoms with E-state index >= 15 is 0 Å². The van der Waals surface area contributed by atoms with E-state index in [1.54, 1.807) is 42.5 Å². The number of amides is 1. The molecule has 1 fully saturated rings. The van der Waals surface area contributed by atoms with E-state index in [-0.39, 0.29) is 23.1 Å². The monoisotopic (exact) mass is 467 g/mol. The van der Waals surface area contributed by atoms with Crippen molar-refractivity contribution in [3.05, 3.63) is 59.7 Å². The number of rotatable bonds is 8. The summed E-state index contributed by atoms with van der Waals surface area (Å²) in [4.78, 5) is 38.1. The molecule has 1 N–H and O–H groups in total. The Labute approximate surface area is 200 Å². The van der Waals surface area contributed by atoms with Crippen LogP contribution in [0.5, 0.6) is 5.75 Å². The molecule has 1 aliphatic rings. The molecule has 3 rings (SSSR count). The van der Waals surface area contributed by atoms with Crippen molar-refractivity contribution in [3.8, 4) is 5.75 Å². The lowest BCUT2D eigenvalue weighted by Gasteiger charge is -2.36. The number of carbonyl (C=O) groups is 3. The van der Waals surface area contributed by atoms with Gasteiger partial charge in [-0.25, -0.2) is 9.59 Å². The normalized spacial score (nSPS) is 19.9. The van der Waals surface area contributed by atoms with E-state index < -0.39 is 24.5 Å². The quantitative estimate of drug-likeness (QED) is 0.543. The van der Waals surface area contributed by atoms with Gasteiger partial charge in [0.2, 0.25) is 0 Å². The van der Waals surface area contributed by atoms with Crippen molar-refractivity contribution < 1.29 is 28.6 Å². The summed E-state index contributed by atoms with van der Waals surface area (Å²) in [5.74, 6) is -0.170. The molecule has 1 amide bonds. The molecule has 7 heteroatoms. The minimum absolute atomic E-state index is 0.0718. The third-order valence-corrected chi connectivity index (χ3v) is 6.30. The van der Waals surface area contributed by atoms with Crippen LogP contribution < -0.4 is 10.1 Å². The highest BCUT2D eigenvalue weighted by molar-refractivity contribution is 6.04. The Morgan fingerprint density at radius 1 is 0.971 bits per heavy atom.